The van der Waals surface area contributed by atoms with E-state index < -0.39 is 11.7 Å². The zero-order chi connectivity index (χ0) is 10.3. The monoisotopic (exact) mass is 264 g/mol. The van der Waals surface area contributed by atoms with E-state index in [0.717, 1.165) is 6.07 Å². The van der Waals surface area contributed by atoms with E-state index in [9.17, 15) is 13.2 Å². The van der Waals surface area contributed by atoms with Gasteiger partial charge in [0.1, 0.15) is 5.58 Å². The van der Waals surface area contributed by atoms with Gasteiger partial charge >= 0.3 is 6.18 Å². The van der Waals surface area contributed by atoms with Crippen molar-refractivity contribution in [3.05, 3.63) is 34.5 Å². The molecule has 0 aliphatic rings. The topological polar surface area (TPSA) is 13.1 Å². The lowest BCUT2D eigenvalue weighted by molar-refractivity contribution is -0.138. The number of rotatable bonds is 0. The minimum absolute atomic E-state index is 0.0486. The van der Waals surface area contributed by atoms with Gasteiger partial charge in [-0.2, -0.15) is 13.2 Å². The Morgan fingerprint density at radius 2 is 1.86 bits per heavy atom. The van der Waals surface area contributed by atoms with Gasteiger partial charge in [-0.05, 0) is 28.1 Å². The Balaban J connectivity index is 2.74. The summed E-state index contributed by atoms with van der Waals surface area (Å²) in [7, 11) is 0. The summed E-state index contributed by atoms with van der Waals surface area (Å²) in [5.74, 6) is 0. The highest BCUT2D eigenvalue weighted by atomic mass is 79.9. The zero-order valence-electron chi connectivity index (χ0n) is 6.73. The summed E-state index contributed by atoms with van der Waals surface area (Å²) in [5.41, 5.74) is -0.500. The van der Waals surface area contributed by atoms with Gasteiger partial charge in [-0.1, -0.05) is 6.07 Å². The Bertz CT molecular complexity index is 472. The van der Waals surface area contributed by atoms with Crippen LogP contribution in [0.3, 0.4) is 0 Å². The van der Waals surface area contributed by atoms with Crippen molar-refractivity contribution in [3.8, 4) is 0 Å². The highest BCUT2D eigenvalue weighted by molar-refractivity contribution is 9.10. The molecule has 0 saturated heterocycles. The molecule has 0 amide bonds. The minimum atomic E-state index is -4.36. The number of fused-ring (bicyclic) bond motifs is 1. The van der Waals surface area contributed by atoms with Crippen molar-refractivity contribution in [1.29, 1.82) is 0 Å². The van der Waals surface area contributed by atoms with Crippen molar-refractivity contribution in [2.24, 2.45) is 0 Å². The summed E-state index contributed by atoms with van der Waals surface area (Å²) in [6.07, 6.45) is -3.00. The Morgan fingerprint density at radius 1 is 1.14 bits per heavy atom. The molecule has 74 valence electrons. The summed E-state index contributed by atoms with van der Waals surface area (Å²) < 4.78 is 42.1. The summed E-state index contributed by atoms with van der Waals surface area (Å²) in [5, 5.41) is 0.643. The van der Waals surface area contributed by atoms with Crippen LogP contribution >= 0.6 is 15.9 Å². The lowest BCUT2D eigenvalue weighted by Crippen LogP contribution is -2.05. The molecule has 0 spiro atoms. The SMILES string of the molecule is FC(F)(F)c1ccc2ccoc2c1Br. The molecule has 0 saturated carbocycles. The van der Waals surface area contributed by atoms with Crippen LogP contribution in [0.25, 0.3) is 11.0 Å². The molecule has 5 heteroatoms. The van der Waals surface area contributed by atoms with Gasteiger partial charge < -0.3 is 4.42 Å². The molecule has 0 N–H and O–H groups in total. The van der Waals surface area contributed by atoms with E-state index in [0.29, 0.717) is 5.39 Å². The third-order valence-electron chi connectivity index (χ3n) is 1.87. The smallest absolute Gasteiger partial charge is 0.417 e. The van der Waals surface area contributed by atoms with Crippen LogP contribution in [-0.2, 0) is 6.18 Å². The fourth-order valence-corrected chi connectivity index (χ4v) is 1.90. The molecule has 0 bridgehead atoms. The molecule has 0 aliphatic heterocycles. The summed E-state index contributed by atoms with van der Waals surface area (Å²) in [4.78, 5) is 0. The number of hydrogen-bond acceptors (Lipinski definition) is 1. The van der Waals surface area contributed by atoms with E-state index in [1.165, 1.54) is 12.3 Å². The van der Waals surface area contributed by atoms with Gasteiger partial charge in [-0.15, -0.1) is 0 Å². The van der Waals surface area contributed by atoms with Crippen molar-refractivity contribution in [2.45, 2.75) is 6.18 Å². The first-order valence-electron chi connectivity index (χ1n) is 3.73. The van der Waals surface area contributed by atoms with E-state index >= 15 is 0 Å². The first kappa shape index (κ1) is 9.58. The van der Waals surface area contributed by atoms with E-state index in [2.05, 4.69) is 15.9 Å². The van der Waals surface area contributed by atoms with Gasteiger partial charge in [0.15, 0.2) is 0 Å². The van der Waals surface area contributed by atoms with Crippen LogP contribution < -0.4 is 0 Å². The van der Waals surface area contributed by atoms with Crippen molar-refractivity contribution in [2.75, 3.05) is 0 Å². The van der Waals surface area contributed by atoms with Gasteiger partial charge in [0.25, 0.3) is 0 Å². The molecule has 0 radical (unpaired) electrons. The van der Waals surface area contributed by atoms with Gasteiger partial charge in [-0.25, -0.2) is 0 Å². The molecule has 0 atom stereocenters. The van der Waals surface area contributed by atoms with E-state index in [1.807, 2.05) is 0 Å². The van der Waals surface area contributed by atoms with Crippen LogP contribution in [0.5, 0.6) is 0 Å². The Kier molecular flexibility index (Phi) is 2.06. The van der Waals surface area contributed by atoms with Gasteiger partial charge in [0.2, 0.25) is 0 Å². The Morgan fingerprint density at radius 3 is 2.50 bits per heavy atom. The average molecular weight is 265 g/mol. The second-order valence-electron chi connectivity index (χ2n) is 2.76. The van der Waals surface area contributed by atoms with E-state index in [4.69, 9.17) is 4.42 Å². The van der Waals surface area contributed by atoms with Gasteiger partial charge in [-0.3, -0.25) is 0 Å². The van der Waals surface area contributed by atoms with Gasteiger partial charge in [0.05, 0.1) is 16.3 Å². The molecular formula is C9H4BrF3O. The predicted molar refractivity (Wildman–Crippen MR) is 48.9 cm³/mol. The quantitative estimate of drug-likeness (QED) is 0.695. The van der Waals surface area contributed by atoms with Crippen molar-refractivity contribution < 1.29 is 17.6 Å². The fourth-order valence-electron chi connectivity index (χ4n) is 1.22. The van der Waals surface area contributed by atoms with Gasteiger partial charge in [0, 0.05) is 5.39 Å². The average Bonchev–Trinajstić information content (AvgIpc) is 2.50. The number of benzene rings is 1. The molecule has 1 aromatic carbocycles. The zero-order valence-corrected chi connectivity index (χ0v) is 8.32. The van der Waals surface area contributed by atoms with Crippen LogP contribution in [0.15, 0.2) is 33.4 Å². The first-order valence-corrected chi connectivity index (χ1v) is 4.52. The lowest BCUT2D eigenvalue weighted by atomic mass is 10.1. The molecule has 0 unspecified atom stereocenters. The molecule has 2 aromatic rings. The standard InChI is InChI=1S/C9H4BrF3O/c10-7-6(9(11,12)13)2-1-5-3-4-14-8(5)7/h1-4H. The molecule has 0 aliphatic carbocycles. The predicted octanol–water partition coefficient (Wildman–Crippen LogP) is 4.21. The number of halogens is 4. The number of hydrogen-bond donors (Lipinski definition) is 0. The molecule has 1 aromatic heterocycles. The third kappa shape index (κ3) is 1.41. The summed E-state index contributed by atoms with van der Waals surface area (Å²) in [6, 6.07) is 4.02. The van der Waals surface area contributed by atoms with Crippen LogP contribution in [0, 0.1) is 0 Å². The Labute approximate surface area is 85.6 Å². The van der Waals surface area contributed by atoms with Crippen LogP contribution in [0.1, 0.15) is 5.56 Å². The minimum Gasteiger partial charge on any atom is -0.463 e. The van der Waals surface area contributed by atoms with Crippen molar-refractivity contribution in [3.63, 3.8) is 0 Å². The summed E-state index contributed by atoms with van der Waals surface area (Å²) in [6.45, 7) is 0. The maximum Gasteiger partial charge on any atom is 0.417 e. The molecule has 0 fully saturated rings. The highest BCUT2D eigenvalue weighted by Gasteiger charge is 2.34. The van der Waals surface area contributed by atoms with Crippen LogP contribution in [0.4, 0.5) is 13.2 Å². The largest absolute Gasteiger partial charge is 0.463 e. The highest BCUT2D eigenvalue weighted by Crippen LogP contribution is 2.38. The maximum absolute atomic E-state index is 12.4. The summed E-state index contributed by atoms with van der Waals surface area (Å²) >= 11 is 2.88. The number of furan rings is 1. The Hall–Kier alpha value is -0.970. The van der Waals surface area contributed by atoms with E-state index in [-0.39, 0.29) is 10.1 Å². The third-order valence-corrected chi connectivity index (χ3v) is 2.65. The fraction of sp³-hybridized carbons (Fsp3) is 0.111. The van der Waals surface area contributed by atoms with Crippen LogP contribution in [-0.4, -0.2) is 0 Å². The second kappa shape index (κ2) is 3.02. The maximum atomic E-state index is 12.4. The molecule has 14 heavy (non-hydrogen) atoms. The normalized spacial score (nSPS) is 12.3. The molecular weight excluding hydrogens is 261 g/mol. The first-order chi connectivity index (χ1) is 6.50. The van der Waals surface area contributed by atoms with Crippen LogP contribution in [0.2, 0.25) is 0 Å². The number of alkyl halides is 3. The molecule has 1 nitrogen and oxygen atoms in total. The van der Waals surface area contributed by atoms with Crippen molar-refractivity contribution >= 4 is 26.9 Å². The second-order valence-corrected chi connectivity index (χ2v) is 3.56. The van der Waals surface area contributed by atoms with Crippen molar-refractivity contribution in [1.82, 2.24) is 0 Å². The molecule has 2 rings (SSSR count). The lowest BCUT2D eigenvalue weighted by Gasteiger charge is -2.08. The van der Waals surface area contributed by atoms with E-state index in [1.54, 1.807) is 6.07 Å². The molecule has 1 heterocycles.